The summed E-state index contributed by atoms with van der Waals surface area (Å²) in [5.41, 5.74) is 0.935. The number of nitrogens with zero attached hydrogens (tertiary/aromatic N) is 3. The van der Waals surface area contributed by atoms with Crippen molar-refractivity contribution in [1.29, 1.82) is 0 Å². The van der Waals surface area contributed by atoms with Crippen LogP contribution in [-0.4, -0.2) is 54.1 Å². The quantitative estimate of drug-likeness (QED) is 0.596. The van der Waals surface area contributed by atoms with Gasteiger partial charge in [-0.05, 0) is 49.9 Å². The van der Waals surface area contributed by atoms with E-state index >= 15 is 0 Å². The molecule has 1 aromatic heterocycles. The molecule has 1 saturated heterocycles. The number of amides is 1. The first-order valence-electron chi connectivity index (χ1n) is 10.1. The van der Waals surface area contributed by atoms with E-state index in [0.29, 0.717) is 35.7 Å². The molecule has 2 atom stereocenters. The van der Waals surface area contributed by atoms with E-state index in [1.807, 2.05) is 11.9 Å². The zero-order chi connectivity index (χ0) is 23.6. The van der Waals surface area contributed by atoms with E-state index < -0.39 is 6.36 Å². The third-order valence-electron chi connectivity index (χ3n) is 5.31. The number of carbonyl (C=O) groups excluding carboxylic acids is 1. The summed E-state index contributed by atoms with van der Waals surface area (Å²) < 4.78 is 51.5. The number of aromatic nitrogens is 2. The van der Waals surface area contributed by atoms with Gasteiger partial charge in [0.2, 0.25) is 11.7 Å². The number of likely N-dealkylation sites (tertiary alicyclic amines) is 1. The Morgan fingerprint density at radius 3 is 2.61 bits per heavy atom. The molecule has 4 rings (SSSR count). The highest BCUT2D eigenvalue weighted by molar-refractivity contribution is 5.97. The maximum atomic E-state index is 12.7. The lowest BCUT2D eigenvalue weighted by molar-refractivity contribution is -0.274. The summed E-state index contributed by atoms with van der Waals surface area (Å²) >= 11 is 0. The van der Waals surface area contributed by atoms with Gasteiger partial charge in [0, 0.05) is 18.2 Å². The summed E-state index contributed by atoms with van der Waals surface area (Å²) in [6.45, 7) is 0.576. The van der Waals surface area contributed by atoms with Crippen molar-refractivity contribution in [3.63, 3.8) is 0 Å². The third-order valence-corrected chi connectivity index (χ3v) is 5.31. The van der Waals surface area contributed by atoms with Gasteiger partial charge in [0.15, 0.2) is 0 Å². The molecule has 1 fully saturated rings. The molecule has 2 unspecified atom stereocenters. The predicted octanol–water partition coefficient (Wildman–Crippen LogP) is 3.82. The molecule has 0 bridgehead atoms. The minimum atomic E-state index is -4.76. The number of para-hydroxylation sites is 1. The van der Waals surface area contributed by atoms with E-state index in [1.54, 1.807) is 24.3 Å². The highest BCUT2D eigenvalue weighted by atomic mass is 19.4. The summed E-state index contributed by atoms with van der Waals surface area (Å²) in [5, 5.41) is 6.95. The van der Waals surface area contributed by atoms with Crippen molar-refractivity contribution in [1.82, 2.24) is 20.4 Å². The summed E-state index contributed by atoms with van der Waals surface area (Å²) in [6.07, 6.45) is -4.21. The molecule has 2 aromatic carbocycles. The highest BCUT2D eigenvalue weighted by Crippen LogP contribution is 2.32. The maximum absolute atomic E-state index is 12.7. The molecule has 1 N–H and O–H groups in total. The molecule has 1 aliphatic rings. The molecule has 0 aliphatic carbocycles. The number of alkyl halides is 3. The van der Waals surface area contributed by atoms with Gasteiger partial charge in [0.05, 0.1) is 18.7 Å². The number of halogens is 3. The molecule has 33 heavy (non-hydrogen) atoms. The van der Waals surface area contributed by atoms with Crippen LogP contribution in [0.3, 0.4) is 0 Å². The van der Waals surface area contributed by atoms with Gasteiger partial charge < -0.3 is 19.3 Å². The minimum absolute atomic E-state index is 0.147. The largest absolute Gasteiger partial charge is 0.573 e. The number of benzene rings is 2. The van der Waals surface area contributed by atoms with Gasteiger partial charge in [0.25, 0.3) is 5.91 Å². The molecule has 1 amide bonds. The van der Waals surface area contributed by atoms with Crippen molar-refractivity contribution in [2.75, 3.05) is 20.7 Å². The third kappa shape index (κ3) is 5.25. The summed E-state index contributed by atoms with van der Waals surface area (Å²) in [5.74, 6) is 0.528. The molecule has 1 aliphatic heterocycles. The van der Waals surface area contributed by atoms with E-state index in [1.165, 1.54) is 31.4 Å². The van der Waals surface area contributed by atoms with Crippen LogP contribution in [0.1, 0.15) is 28.7 Å². The van der Waals surface area contributed by atoms with E-state index in [0.717, 1.165) is 0 Å². The molecular weight excluding hydrogens is 441 g/mol. The number of likely N-dealkylation sites (N-methyl/N-ethyl adjacent to an activating group) is 1. The minimum Gasteiger partial charge on any atom is -0.496 e. The van der Waals surface area contributed by atoms with E-state index in [9.17, 15) is 18.0 Å². The number of ether oxygens (including phenoxy) is 2. The molecule has 0 radical (unpaired) electrons. The van der Waals surface area contributed by atoms with Crippen molar-refractivity contribution in [3.05, 3.63) is 60.0 Å². The monoisotopic (exact) mass is 462 g/mol. The lowest BCUT2D eigenvalue weighted by Gasteiger charge is -2.14. The van der Waals surface area contributed by atoms with Gasteiger partial charge in [0.1, 0.15) is 11.5 Å². The lowest BCUT2D eigenvalue weighted by atomic mass is 10.1. The number of methoxy groups -OCH3 is 1. The zero-order valence-electron chi connectivity index (χ0n) is 17.8. The average Bonchev–Trinajstić information content (AvgIpc) is 3.39. The van der Waals surface area contributed by atoms with Crippen molar-refractivity contribution in [3.8, 4) is 22.9 Å². The van der Waals surface area contributed by atoms with Gasteiger partial charge in [-0.1, -0.05) is 17.3 Å². The molecule has 11 heteroatoms. The van der Waals surface area contributed by atoms with Crippen molar-refractivity contribution in [2.45, 2.75) is 24.9 Å². The van der Waals surface area contributed by atoms with Crippen molar-refractivity contribution in [2.24, 2.45) is 0 Å². The fourth-order valence-electron chi connectivity index (χ4n) is 3.78. The Bertz CT molecular complexity index is 1120. The Kier molecular flexibility index (Phi) is 6.23. The topological polar surface area (TPSA) is 89.7 Å². The SMILES string of the molecule is COc1ccccc1C(=O)NC1CC(c2nc(-c3ccc(OC(F)(F)F)cc3)no2)N(C)C1. The van der Waals surface area contributed by atoms with E-state index in [4.69, 9.17) is 9.26 Å². The molecule has 8 nitrogen and oxygen atoms in total. The first-order chi connectivity index (χ1) is 15.7. The van der Waals surface area contributed by atoms with Gasteiger partial charge >= 0.3 is 6.36 Å². The van der Waals surface area contributed by atoms with Crippen LogP contribution >= 0.6 is 0 Å². The molecular formula is C22H21F3N4O4. The molecule has 0 spiro atoms. The van der Waals surface area contributed by atoms with Crippen LogP contribution in [0.4, 0.5) is 13.2 Å². The van der Waals surface area contributed by atoms with E-state index in [-0.39, 0.29) is 29.6 Å². The van der Waals surface area contributed by atoms with Crippen LogP contribution in [0.2, 0.25) is 0 Å². The van der Waals surface area contributed by atoms with Crippen LogP contribution in [0, 0.1) is 0 Å². The molecule has 174 valence electrons. The Labute approximate surface area is 187 Å². The molecule has 2 heterocycles. The summed E-state index contributed by atoms with van der Waals surface area (Å²) in [6, 6.07) is 11.8. The maximum Gasteiger partial charge on any atom is 0.573 e. The number of hydrogen-bond acceptors (Lipinski definition) is 7. The lowest BCUT2D eigenvalue weighted by Crippen LogP contribution is -2.36. The van der Waals surface area contributed by atoms with Crippen LogP contribution in [0.5, 0.6) is 11.5 Å². The summed E-state index contributed by atoms with van der Waals surface area (Å²) in [4.78, 5) is 19.1. The average molecular weight is 462 g/mol. The second-order valence-electron chi connectivity index (χ2n) is 7.59. The summed E-state index contributed by atoms with van der Waals surface area (Å²) in [7, 11) is 3.39. The van der Waals surface area contributed by atoms with E-state index in [2.05, 4.69) is 20.2 Å². The number of carbonyl (C=O) groups is 1. The Balaban J connectivity index is 1.42. The second kappa shape index (κ2) is 9.10. The molecule has 3 aromatic rings. The van der Waals surface area contributed by atoms with Crippen LogP contribution in [0.15, 0.2) is 53.1 Å². The standard InChI is InChI=1S/C22H21F3N4O4/c1-29-12-14(26-20(30)16-5-3-4-6-18(16)31-2)11-17(29)21-27-19(28-33-21)13-7-9-15(10-8-13)32-22(23,24)25/h3-10,14,17H,11-12H2,1-2H3,(H,26,30). The first-order valence-corrected chi connectivity index (χ1v) is 10.1. The van der Waals surface area contributed by atoms with Gasteiger partial charge in [-0.25, -0.2) is 0 Å². The first kappa shape index (κ1) is 22.6. The van der Waals surface area contributed by atoms with Crippen molar-refractivity contribution >= 4 is 5.91 Å². The van der Waals surface area contributed by atoms with Crippen LogP contribution in [-0.2, 0) is 0 Å². The van der Waals surface area contributed by atoms with Crippen molar-refractivity contribution < 1.29 is 32.0 Å². The number of nitrogens with one attached hydrogen (secondary N) is 1. The smallest absolute Gasteiger partial charge is 0.496 e. The zero-order valence-corrected chi connectivity index (χ0v) is 17.8. The Morgan fingerprint density at radius 1 is 1.18 bits per heavy atom. The Hall–Kier alpha value is -3.60. The second-order valence-corrected chi connectivity index (χ2v) is 7.59. The van der Waals surface area contributed by atoms with Gasteiger partial charge in [-0.2, -0.15) is 4.98 Å². The fourth-order valence-corrected chi connectivity index (χ4v) is 3.78. The number of hydrogen-bond donors (Lipinski definition) is 1. The highest BCUT2D eigenvalue weighted by Gasteiger charge is 2.36. The van der Waals surface area contributed by atoms with Crippen LogP contribution < -0.4 is 14.8 Å². The number of rotatable bonds is 6. The normalized spacial score (nSPS) is 18.8. The predicted molar refractivity (Wildman–Crippen MR) is 111 cm³/mol. The fraction of sp³-hybridized carbons (Fsp3) is 0.318. The van der Waals surface area contributed by atoms with Gasteiger partial charge in [-0.15, -0.1) is 13.2 Å². The molecule has 0 saturated carbocycles. The van der Waals surface area contributed by atoms with Gasteiger partial charge in [-0.3, -0.25) is 9.69 Å². The Morgan fingerprint density at radius 2 is 1.91 bits per heavy atom. The van der Waals surface area contributed by atoms with Crippen LogP contribution in [0.25, 0.3) is 11.4 Å².